The standard InChI is InChI=1S/C42H26N6O/c49-42-33-21-10-11-22-34(33)44-41-37(27-13-4-1-5-14-27)43-35-26-31(23-24-36(35)48(41)42)30-19-12-20-32(25-30)40-46-38(28-15-6-2-7-16-28)45-39(47-40)29-17-8-3-9-18-29/h1-26H. The molecule has 0 bridgehead atoms. The fourth-order valence-electron chi connectivity index (χ4n) is 6.23. The number of para-hydroxylation sites is 1. The molecule has 3 heterocycles. The van der Waals surface area contributed by atoms with E-state index in [1.54, 1.807) is 4.40 Å². The predicted octanol–water partition coefficient (Wildman–Crippen LogP) is 8.92. The molecule has 7 heteroatoms. The minimum Gasteiger partial charge on any atom is -0.268 e. The lowest BCUT2D eigenvalue weighted by atomic mass is 10.0. The Hall–Kier alpha value is -6.86. The van der Waals surface area contributed by atoms with E-state index in [-0.39, 0.29) is 5.56 Å². The van der Waals surface area contributed by atoms with Crippen molar-refractivity contribution in [3.63, 3.8) is 0 Å². The number of fused-ring (bicyclic) bond motifs is 4. The Labute approximate surface area is 280 Å². The van der Waals surface area contributed by atoms with Crippen LogP contribution in [-0.4, -0.2) is 29.3 Å². The van der Waals surface area contributed by atoms with E-state index in [0.717, 1.165) is 33.4 Å². The topological polar surface area (TPSA) is 85.9 Å². The summed E-state index contributed by atoms with van der Waals surface area (Å²) < 4.78 is 1.69. The van der Waals surface area contributed by atoms with E-state index in [0.29, 0.717) is 50.8 Å². The lowest BCUT2D eigenvalue weighted by Crippen LogP contribution is -2.17. The van der Waals surface area contributed by atoms with Crippen LogP contribution in [0.3, 0.4) is 0 Å². The van der Waals surface area contributed by atoms with Gasteiger partial charge in [-0.2, -0.15) is 0 Å². The first kappa shape index (κ1) is 28.4. The third-order valence-corrected chi connectivity index (χ3v) is 8.64. The van der Waals surface area contributed by atoms with Crippen LogP contribution < -0.4 is 5.56 Å². The largest absolute Gasteiger partial charge is 0.268 e. The highest BCUT2D eigenvalue weighted by atomic mass is 16.1. The first-order chi connectivity index (χ1) is 24.2. The number of hydrogen-bond donors (Lipinski definition) is 0. The zero-order valence-electron chi connectivity index (χ0n) is 26.1. The normalized spacial score (nSPS) is 11.3. The van der Waals surface area contributed by atoms with Crippen LogP contribution in [0.2, 0.25) is 0 Å². The van der Waals surface area contributed by atoms with Gasteiger partial charge in [0.05, 0.1) is 21.9 Å². The van der Waals surface area contributed by atoms with Crippen molar-refractivity contribution >= 4 is 27.6 Å². The maximum atomic E-state index is 14.0. The van der Waals surface area contributed by atoms with Gasteiger partial charge in [0.15, 0.2) is 23.1 Å². The average Bonchev–Trinajstić information content (AvgIpc) is 3.18. The molecule has 0 saturated heterocycles. The zero-order valence-corrected chi connectivity index (χ0v) is 26.1. The van der Waals surface area contributed by atoms with Crippen LogP contribution in [0, 0.1) is 0 Å². The van der Waals surface area contributed by atoms with Crippen LogP contribution in [0.1, 0.15) is 0 Å². The number of hydrogen-bond acceptors (Lipinski definition) is 6. The summed E-state index contributed by atoms with van der Waals surface area (Å²) in [5, 5.41) is 0.561. The molecule has 6 aromatic carbocycles. The number of benzene rings is 6. The summed E-state index contributed by atoms with van der Waals surface area (Å²) in [5.74, 6) is 1.80. The zero-order chi connectivity index (χ0) is 32.7. The second kappa shape index (κ2) is 11.7. The van der Waals surface area contributed by atoms with Crippen LogP contribution >= 0.6 is 0 Å². The van der Waals surface area contributed by atoms with Crippen molar-refractivity contribution in [2.24, 2.45) is 0 Å². The molecule has 0 fully saturated rings. The van der Waals surface area contributed by atoms with Crippen LogP contribution in [0.5, 0.6) is 0 Å². The van der Waals surface area contributed by atoms with E-state index in [1.165, 1.54) is 0 Å². The number of nitrogens with zero attached hydrogens (tertiary/aromatic N) is 6. The van der Waals surface area contributed by atoms with Gasteiger partial charge < -0.3 is 0 Å². The highest BCUT2D eigenvalue weighted by molar-refractivity contribution is 5.92. The van der Waals surface area contributed by atoms with E-state index < -0.39 is 0 Å². The molecule has 0 spiro atoms. The van der Waals surface area contributed by atoms with Gasteiger partial charge >= 0.3 is 0 Å². The average molecular weight is 631 g/mol. The van der Waals surface area contributed by atoms with Crippen LogP contribution in [0.4, 0.5) is 0 Å². The maximum Gasteiger partial charge on any atom is 0.266 e. The molecular formula is C42H26N6O. The summed E-state index contributed by atoms with van der Waals surface area (Å²) in [4.78, 5) is 38.7. The van der Waals surface area contributed by atoms with Gasteiger partial charge in [0.1, 0.15) is 5.69 Å². The fourth-order valence-corrected chi connectivity index (χ4v) is 6.23. The molecule has 0 N–H and O–H groups in total. The van der Waals surface area contributed by atoms with Crippen molar-refractivity contribution in [2.45, 2.75) is 0 Å². The second-order valence-electron chi connectivity index (χ2n) is 11.7. The summed E-state index contributed by atoms with van der Waals surface area (Å²) in [6.07, 6.45) is 0. The Morgan fingerprint density at radius 1 is 0.388 bits per heavy atom. The van der Waals surface area contributed by atoms with E-state index in [1.807, 2.05) is 146 Å². The number of aromatic nitrogens is 6. The van der Waals surface area contributed by atoms with Crippen LogP contribution in [0.25, 0.3) is 84.1 Å². The third-order valence-electron chi connectivity index (χ3n) is 8.64. The predicted molar refractivity (Wildman–Crippen MR) is 195 cm³/mol. The Morgan fingerprint density at radius 3 is 1.59 bits per heavy atom. The molecule has 0 amide bonds. The summed E-state index contributed by atoms with van der Waals surface area (Å²) in [7, 11) is 0. The Morgan fingerprint density at radius 2 is 0.918 bits per heavy atom. The van der Waals surface area contributed by atoms with Crippen molar-refractivity contribution in [3.05, 3.63) is 168 Å². The summed E-state index contributed by atoms with van der Waals surface area (Å²) in [5.41, 5.74) is 8.55. The summed E-state index contributed by atoms with van der Waals surface area (Å²) in [6, 6.07) is 51.4. The Kier molecular flexibility index (Phi) is 6.80. The molecule has 7 nitrogen and oxygen atoms in total. The molecule has 49 heavy (non-hydrogen) atoms. The van der Waals surface area contributed by atoms with Crippen molar-refractivity contribution in [1.29, 1.82) is 0 Å². The molecule has 9 rings (SSSR count). The molecule has 0 radical (unpaired) electrons. The monoisotopic (exact) mass is 630 g/mol. The molecule has 3 aromatic heterocycles. The molecule has 0 aliphatic rings. The van der Waals surface area contributed by atoms with Gasteiger partial charge in [-0.1, -0.05) is 127 Å². The van der Waals surface area contributed by atoms with Gasteiger partial charge in [-0.05, 0) is 41.5 Å². The lowest BCUT2D eigenvalue weighted by Gasteiger charge is -2.13. The molecule has 0 aliphatic carbocycles. The van der Waals surface area contributed by atoms with Crippen molar-refractivity contribution < 1.29 is 0 Å². The van der Waals surface area contributed by atoms with Crippen molar-refractivity contribution in [3.8, 4) is 56.5 Å². The fraction of sp³-hybridized carbons (Fsp3) is 0. The molecule has 0 unspecified atom stereocenters. The Bertz CT molecular complexity index is 2670. The van der Waals surface area contributed by atoms with E-state index in [2.05, 4.69) is 12.1 Å². The van der Waals surface area contributed by atoms with Crippen molar-refractivity contribution in [2.75, 3.05) is 0 Å². The second-order valence-corrected chi connectivity index (χ2v) is 11.7. The molecule has 230 valence electrons. The first-order valence-corrected chi connectivity index (χ1v) is 16.0. The van der Waals surface area contributed by atoms with Crippen molar-refractivity contribution in [1.82, 2.24) is 29.3 Å². The van der Waals surface area contributed by atoms with Crippen LogP contribution in [0.15, 0.2) is 163 Å². The smallest absolute Gasteiger partial charge is 0.266 e. The summed E-state index contributed by atoms with van der Waals surface area (Å²) in [6.45, 7) is 0. The van der Waals surface area contributed by atoms with Gasteiger partial charge in [0, 0.05) is 22.3 Å². The quantitative estimate of drug-likeness (QED) is 0.139. The molecule has 9 aromatic rings. The number of rotatable bonds is 5. The van der Waals surface area contributed by atoms with Crippen LogP contribution in [-0.2, 0) is 0 Å². The maximum absolute atomic E-state index is 14.0. The first-order valence-electron chi connectivity index (χ1n) is 16.0. The van der Waals surface area contributed by atoms with E-state index in [4.69, 9.17) is 24.9 Å². The van der Waals surface area contributed by atoms with Gasteiger partial charge in [0.2, 0.25) is 0 Å². The highest BCUT2D eigenvalue weighted by Gasteiger charge is 2.17. The Balaban J connectivity index is 1.22. The lowest BCUT2D eigenvalue weighted by molar-refractivity contribution is 1.07. The van der Waals surface area contributed by atoms with E-state index >= 15 is 0 Å². The SMILES string of the molecule is O=c1c2ccccc2nc2c(-c3ccccc3)nc3cc(-c4cccc(-c5nc(-c6ccccc6)nc(-c6ccccc6)n5)c4)ccc3n12. The molecular weight excluding hydrogens is 605 g/mol. The van der Waals surface area contributed by atoms with Gasteiger partial charge in [-0.25, -0.2) is 24.9 Å². The highest BCUT2D eigenvalue weighted by Crippen LogP contribution is 2.31. The molecule has 0 atom stereocenters. The van der Waals surface area contributed by atoms with Gasteiger partial charge in [0.25, 0.3) is 5.56 Å². The minimum atomic E-state index is -0.127. The molecule has 0 aliphatic heterocycles. The third kappa shape index (κ3) is 5.10. The van der Waals surface area contributed by atoms with E-state index in [9.17, 15) is 4.79 Å². The van der Waals surface area contributed by atoms with Gasteiger partial charge in [-0.15, -0.1) is 0 Å². The minimum absolute atomic E-state index is 0.127. The summed E-state index contributed by atoms with van der Waals surface area (Å²) >= 11 is 0. The molecule has 0 saturated carbocycles. The van der Waals surface area contributed by atoms with Gasteiger partial charge in [-0.3, -0.25) is 9.20 Å².